The van der Waals surface area contributed by atoms with Crippen molar-refractivity contribution in [1.82, 2.24) is 15.1 Å². The molecule has 0 saturated carbocycles. The van der Waals surface area contributed by atoms with Crippen molar-refractivity contribution in [3.8, 4) is 0 Å². The van der Waals surface area contributed by atoms with Crippen molar-refractivity contribution >= 4 is 5.91 Å². The number of rotatable bonds is 5. The van der Waals surface area contributed by atoms with Gasteiger partial charge < -0.3 is 5.32 Å². The first-order valence-corrected chi connectivity index (χ1v) is 6.01. The van der Waals surface area contributed by atoms with Crippen molar-refractivity contribution in [2.75, 3.05) is 0 Å². The van der Waals surface area contributed by atoms with E-state index >= 15 is 0 Å². The summed E-state index contributed by atoms with van der Waals surface area (Å²) >= 11 is 0. The highest BCUT2D eigenvalue weighted by atomic mass is 19.4. The van der Waals surface area contributed by atoms with Gasteiger partial charge in [-0.15, -0.1) is 0 Å². The first kappa shape index (κ1) is 18.2. The molecule has 0 saturated heterocycles. The maximum atomic E-state index is 13.2. The number of halogens is 7. The summed E-state index contributed by atoms with van der Waals surface area (Å²) in [5, 5.41) is 5.21. The molecule has 0 aliphatic rings. The third kappa shape index (κ3) is 3.02. The molecular weight excluding hydrogens is 323 g/mol. The second-order valence-electron chi connectivity index (χ2n) is 4.41. The monoisotopic (exact) mass is 335 g/mol. The maximum Gasteiger partial charge on any atom is 0.460 e. The van der Waals surface area contributed by atoms with Crippen LogP contribution < -0.4 is 5.32 Å². The van der Waals surface area contributed by atoms with Crippen LogP contribution in [0, 0.1) is 0 Å². The van der Waals surface area contributed by atoms with Crippen LogP contribution >= 0.6 is 0 Å². The van der Waals surface area contributed by atoms with Gasteiger partial charge in [0.1, 0.15) is 0 Å². The van der Waals surface area contributed by atoms with Crippen LogP contribution in [0.25, 0.3) is 0 Å². The lowest BCUT2D eigenvalue weighted by Crippen LogP contribution is -2.59. The van der Waals surface area contributed by atoms with E-state index in [9.17, 15) is 35.5 Å². The highest BCUT2D eigenvalue weighted by Crippen LogP contribution is 2.46. The molecule has 126 valence electrons. The summed E-state index contributed by atoms with van der Waals surface area (Å²) in [5.74, 6) is -15.1. The number of aromatic nitrogens is 2. The van der Waals surface area contributed by atoms with Gasteiger partial charge in [0.25, 0.3) is 5.91 Å². The minimum Gasteiger partial charge on any atom is -0.343 e. The van der Waals surface area contributed by atoms with E-state index in [4.69, 9.17) is 0 Å². The molecule has 1 aromatic heterocycles. The van der Waals surface area contributed by atoms with Crippen molar-refractivity contribution in [3.05, 3.63) is 18.0 Å². The van der Waals surface area contributed by atoms with E-state index in [-0.39, 0.29) is 12.2 Å². The third-order valence-corrected chi connectivity index (χ3v) is 2.88. The van der Waals surface area contributed by atoms with E-state index in [0.29, 0.717) is 0 Å². The Bertz CT molecular complexity index is 538. The van der Waals surface area contributed by atoms with Gasteiger partial charge in [-0.2, -0.15) is 35.8 Å². The van der Waals surface area contributed by atoms with Crippen molar-refractivity contribution < 1.29 is 35.5 Å². The Labute approximate surface area is 120 Å². The SMILES string of the molecule is CCn1nccc1C(C)NC(=O)C(F)(F)C(F)(F)C(F)(F)F. The standard InChI is InChI=1S/C11H12F7N3O/c1-3-21-7(4-5-19-21)6(2)20-8(22)9(12,13)10(14,15)11(16,17)18/h4-6H,3H2,1-2H3,(H,20,22). The van der Waals surface area contributed by atoms with Crippen LogP contribution in [-0.4, -0.2) is 33.7 Å². The minimum atomic E-state index is -6.55. The number of hydrogen-bond acceptors (Lipinski definition) is 2. The molecule has 0 fully saturated rings. The van der Waals surface area contributed by atoms with Gasteiger partial charge in [-0.05, 0) is 19.9 Å². The molecule has 0 aliphatic heterocycles. The lowest BCUT2D eigenvalue weighted by Gasteiger charge is -2.28. The molecule has 11 heteroatoms. The number of nitrogens with zero attached hydrogens (tertiary/aromatic N) is 2. The van der Waals surface area contributed by atoms with Gasteiger partial charge in [0.05, 0.1) is 11.7 Å². The summed E-state index contributed by atoms with van der Waals surface area (Å²) < 4.78 is 89.1. The fourth-order valence-corrected chi connectivity index (χ4v) is 1.66. The summed E-state index contributed by atoms with van der Waals surface area (Å²) in [6.07, 6.45) is -5.29. The summed E-state index contributed by atoms with van der Waals surface area (Å²) in [4.78, 5) is 11.2. The largest absolute Gasteiger partial charge is 0.460 e. The molecule has 1 atom stereocenters. The van der Waals surface area contributed by atoms with Gasteiger partial charge in [0.15, 0.2) is 0 Å². The predicted octanol–water partition coefficient (Wildman–Crippen LogP) is 2.91. The van der Waals surface area contributed by atoms with Crippen LogP contribution in [-0.2, 0) is 11.3 Å². The van der Waals surface area contributed by atoms with E-state index in [2.05, 4.69) is 5.10 Å². The zero-order chi connectivity index (χ0) is 17.3. The molecule has 0 bridgehead atoms. The number of carbonyl (C=O) groups excluding carboxylic acids is 1. The molecule has 1 N–H and O–H groups in total. The van der Waals surface area contributed by atoms with Gasteiger partial charge in [-0.3, -0.25) is 9.48 Å². The van der Waals surface area contributed by atoms with Crippen LogP contribution in [0.5, 0.6) is 0 Å². The average Bonchev–Trinajstić information content (AvgIpc) is 2.85. The lowest BCUT2D eigenvalue weighted by atomic mass is 10.1. The van der Waals surface area contributed by atoms with Crippen LogP contribution in [0.15, 0.2) is 12.3 Å². The highest BCUT2D eigenvalue weighted by molar-refractivity contribution is 5.85. The summed E-state index contributed by atoms with van der Waals surface area (Å²) in [6.45, 7) is 3.08. The van der Waals surface area contributed by atoms with Crippen molar-refractivity contribution in [3.63, 3.8) is 0 Å². The van der Waals surface area contributed by atoms with E-state index in [1.165, 1.54) is 22.3 Å². The number of carbonyl (C=O) groups is 1. The average molecular weight is 335 g/mol. The lowest BCUT2D eigenvalue weighted by molar-refractivity contribution is -0.344. The maximum absolute atomic E-state index is 13.2. The smallest absolute Gasteiger partial charge is 0.343 e. The molecule has 1 heterocycles. The van der Waals surface area contributed by atoms with Gasteiger partial charge in [0, 0.05) is 12.7 Å². The Kier molecular flexibility index (Phi) is 4.78. The predicted molar refractivity (Wildman–Crippen MR) is 60.4 cm³/mol. The molecule has 0 aliphatic carbocycles. The molecule has 1 amide bonds. The van der Waals surface area contributed by atoms with Crippen molar-refractivity contribution in [2.45, 2.75) is 44.5 Å². The van der Waals surface area contributed by atoms with Crippen LogP contribution in [0.2, 0.25) is 0 Å². The third-order valence-electron chi connectivity index (χ3n) is 2.88. The fraction of sp³-hybridized carbons (Fsp3) is 0.636. The molecule has 1 unspecified atom stereocenters. The van der Waals surface area contributed by atoms with Crippen LogP contribution in [0.4, 0.5) is 30.7 Å². The zero-order valence-corrected chi connectivity index (χ0v) is 11.4. The normalized spacial score (nSPS) is 14.8. The van der Waals surface area contributed by atoms with E-state index < -0.39 is 30.0 Å². The quantitative estimate of drug-likeness (QED) is 0.841. The molecular formula is C11H12F7N3O. The van der Waals surface area contributed by atoms with Crippen LogP contribution in [0.3, 0.4) is 0 Å². The Morgan fingerprint density at radius 2 is 1.82 bits per heavy atom. The van der Waals surface area contributed by atoms with Gasteiger partial charge in [-0.1, -0.05) is 0 Å². The number of hydrogen-bond donors (Lipinski definition) is 1. The Balaban J connectivity index is 2.97. The molecule has 0 aromatic carbocycles. The number of alkyl halides is 7. The van der Waals surface area contributed by atoms with E-state index in [1.54, 1.807) is 6.92 Å². The molecule has 0 spiro atoms. The first-order chi connectivity index (χ1) is 9.86. The number of aryl methyl sites for hydroxylation is 1. The molecule has 4 nitrogen and oxygen atoms in total. The van der Waals surface area contributed by atoms with E-state index in [0.717, 1.165) is 6.92 Å². The van der Waals surface area contributed by atoms with Crippen molar-refractivity contribution in [2.24, 2.45) is 0 Å². The van der Waals surface area contributed by atoms with Gasteiger partial charge in [-0.25, -0.2) is 0 Å². The van der Waals surface area contributed by atoms with E-state index in [1.807, 2.05) is 0 Å². The van der Waals surface area contributed by atoms with Crippen molar-refractivity contribution in [1.29, 1.82) is 0 Å². The molecule has 0 radical (unpaired) electrons. The van der Waals surface area contributed by atoms with Crippen LogP contribution in [0.1, 0.15) is 25.6 Å². The summed E-state index contributed by atoms with van der Waals surface area (Å²) in [7, 11) is 0. The van der Waals surface area contributed by atoms with Gasteiger partial charge >= 0.3 is 18.0 Å². The Hall–Kier alpha value is -1.81. The molecule has 1 aromatic rings. The first-order valence-electron chi connectivity index (χ1n) is 6.01. The number of amides is 1. The molecule has 1 rings (SSSR count). The highest BCUT2D eigenvalue weighted by Gasteiger charge is 2.76. The molecule has 22 heavy (non-hydrogen) atoms. The zero-order valence-electron chi connectivity index (χ0n) is 11.4. The Morgan fingerprint density at radius 3 is 2.27 bits per heavy atom. The second kappa shape index (κ2) is 5.76. The number of nitrogens with one attached hydrogen (secondary N) is 1. The second-order valence-corrected chi connectivity index (χ2v) is 4.41. The van der Waals surface area contributed by atoms with Gasteiger partial charge in [0.2, 0.25) is 0 Å². The summed E-state index contributed by atoms with van der Waals surface area (Å²) in [6, 6.07) is 0.0824. The topological polar surface area (TPSA) is 46.9 Å². The summed E-state index contributed by atoms with van der Waals surface area (Å²) in [5.41, 5.74) is 0.182. The Morgan fingerprint density at radius 1 is 1.27 bits per heavy atom. The fourth-order valence-electron chi connectivity index (χ4n) is 1.66. The minimum absolute atomic E-state index is 0.182.